The van der Waals surface area contributed by atoms with E-state index in [4.69, 9.17) is 4.74 Å². The van der Waals surface area contributed by atoms with Crippen LogP contribution in [0.25, 0.3) is 0 Å². The van der Waals surface area contributed by atoms with Gasteiger partial charge in [0, 0.05) is 17.9 Å². The fourth-order valence-corrected chi connectivity index (χ4v) is 4.10. The number of ether oxygens (including phenoxy) is 1. The predicted molar refractivity (Wildman–Crippen MR) is 76.4 cm³/mol. The van der Waals surface area contributed by atoms with Gasteiger partial charge >= 0.3 is 16.3 Å². The summed E-state index contributed by atoms with van der Waals surface area (Å²) in [4.78, 5) is 11.4. The van der Waals surface area contributed by atoms with Crippen molar-refractivity contribution in [1.29, 1.82) is 0 Å². The Bertz CT molecular complexity index is 393. The zero-order chi connectivity index (χ0) is 14.5. The number of carbonyl (C=O) groups excluding carboxylic acids is 1. The Labute approximate surface area is 123 Å². The molecule has 19 heavy (non-hydrogen) atoms. The molecule has 0 aromatic heterocycles. The van der Waals surface area contributed by atoms with Crippen molar-refractivity contribution in [1.82, 2.24) is 9.03 Å². The van der Waals surface area contributed by atoms with Crippen LogP contribution in [-0.4, -0.2) is 42.8 Å². The molecule has 1 rings (SSSR count). The monoisotopic (exact) mass is 356 g/mol. The van der Waals surface area contributed by atoms with Gasteiger partial charge in [-0.05, 0) is 26.7 Å². The molecule has 0 saturated heterocycles. The van der Waals surface area contributed by atoms with Gasteiger partial charge in [0.05, 0.1) is 6.10 Å². The Morgan fingerprint density at radius 3 is 2.47 bits per heavy atom. The smallest absolute Gasteiger partial charge is 0.422 e. The van der Waals surface area contributed by atoms with Crippen LogP contribution in [0, 0.1) is 0 Å². The lowest BCUT2D eigenvalue weighted by Gasteiger charge is -2.27. The molecule has 0 radical (unpaired) electrons. The molecule has 1 N–H and O–H groups in total. The predicted octanol–water partition coefficient (Wildman–Crippen LogP) is 2.01. The number of amides is 1. The van der Waals surface area contributed by atoms with Gasteiger partial charge in [-0.3, -0.25) is 0 Å². The second-order valence-electron chi connectivity index (χ2n) is 4.80. The van der Waals surface area contributed by atoms with Gasteiger partial charge in [0.25, 0.3) is 0 Å². The third kappa shape index (κ3) is 5.27. The van der Waals surface area contributed by atoms with Gasteiger partial charge in [-0.1, -0.05) is 28.8 Å². The largest absolute Gasteiger partial charge is 0.446 e. The summed E-state index contributed by atoms with van der Waals surface area (Å²) in [5, 5.41) is 0.531. The Hall–Kier alpha value is -0.340. The number of nitrogens with one attached hydrogen (secondary N) is 1. The van der Waals surface area contributed by atoms with Crippen LogP contribution in [0.2, 0.25) is 0 Å². The fourth-order valence-electron chi connectivity index (χ4n) is 2.18. The molecule has 0 aromatic rings. The zero-order valence-corrected chi connectivity index (χ0v) is 13.7. The highest BCUT2D eigenvalue weighted by Gasteiger charge is 2.33. The van der Waals surface area contributed by atoms with E-state index in [9.17, 15) is 13.2 Å². The molecule has 0 aliphatic heterocycles. The van der Waals surface area contributed by atoms with Crippen LogP contribution in [0.3, 0.4) is 0 Å². The Morgan fingerprint density at radius 2 is 2.00 bits per heavy atom. The summed E-state index contributed by atoms with van der Waals surface area (Å²) in [6, 6.07) is -0.0260. The third-order valence-electron chi connectivity index (χ3n) is 2.90. The average Bonchev–Trinajstić information content (AvgIpc) is 2.76. The maximum absolute atomic E-state index is 12.2. The molecule has 1 saturated carbocycles. The number of halogens is 1. The molecular weight excluding hydrogens is 336 g/mol. The minimum Gasteiger partial charge on any atom is -0.446 e. The Morgan fingerprint density at radius 1 is 1.42 bits per heavy atom. The third-order valence-corrected chi connectivity index (χ3v) is 4.78. The van der Waals surface area contributed by atoms with E-state index in [2.05, 4.69) is 15.9 Å². The summed E-state index contributed by atoms with van der Waals surface area (Å²) in [7, 11) is -3.83. The van der Waals surface area contributed by atoms with Crippen molar-refractivity contribution in [2.75, 3.05) is 11.9 Å². The summed E-state index contributed by atoms with van der Waals surface area (Å²) in [5.41, 5.74) is 0. The van der Waals surface area contributed by atoms with Gasteiger partial charge in [0.15, 0.2) is 0 Å². The lowest BCUT2D eigenvalue weighted by molar-refractivity contribution is 0.120. The molecule has 0 aromatic carbocycles. The van der Waals surface area contributed by atoms with Gasteiger partial charge in [-0.2, -0.15) is 12.7 Å². The number of hydrogen-bond donors (Lipinski definition) is 1. The first-order valence-electron chi connectivity index (χ1n) is 6.43. The highest BCUT2D eigenvalue weighted by Crippen LogP contribution is 2.25. The molecule has 0 unspecified atom stereocenters. The van der Waals surface area contributed by atoms with Crippen molar-refractivity contribution in [3.8, 4) is 0 Å². The molecule has 0 atom stereocenters. The standard InChI is InChI=1S/C11H21BrN2O4S/c1-9(2)18-11(15)13-19(16,17)14(8-7-12)10-5-3-4-6-10/h9-10H,3-8H2,1-2H3,(H,13,15). The van der Waals surface area contributed by atoms with E-state index in [1.165, 1.54) is 4.31 Å². The number of rotatable bonds is 6. The van der Waals surface area contributed by atoms with Crippen molar-refractivity contribution in [3.05, 3.63) is 0 Å². The molecule has 1 fully saturated rings. The molecule has 1 amide bonds. The minimum absolute atomic E-state index is 0.0260. The summed E-state index contributed by atoms with van der Waals surface area (Å²) in [5.74, 6) is 0. The molecule has 0 bridgehead atoms. The van der Waals surface area contributed by atoms with E-state index in [0.717, 1.165) is 25.7 Å². The number of alkyl halides is 1. The fraction of sp³-hybridized carbons (Fsp3) is 0.909. The van der Waals surface area contributed by atoms with Gasteiger partial charge in [-0.25, -0.2) is 9.52 Å². The molecule has 0 spiro atoms. The highest BCUT2D eigenvalue weighted by molar-refractivity contribution is 9.09. The number of carbonyl (C=O) groups is 1. The minimum atomic E-state index is -3.83. The quantitative estimate of drug-likeness (QED) is 0.738. The van der Waals surface area contributed by atoms with Gasteiger partial charge in [-0.15, -0.1) is 0 Å². The van der Waals surface area contributed by atoms with Crippen molar-refractivity contribution >= 4 is 32.2 Å². The maximum atomic E-state index is 12.2. The lowest BCUT2D eigenvalue weighted by atomic mass is 10.2. The van der Waals surface area contributed by atoms with Gasteiger partial charge < -0.3 is 4.74 Å². The van der Waals surface area contributed by atoms with Crippen molar-refractivity contribution in [2.45, 2.75) is 51.7 Å². The summed E-state index contributed by atoms with van der Waals surface area (Å²) >= 11 is 3.25. The second-order valence-corrected chi connectivity index (χ2v) is 7.22. The molecule has 112 valence electrons. The van der Waals surface area contributed by atoms with Crippen LogP contribution in [0.15, 0.2) is 0 Å². The van der Waals surface area contributed by atoms with Crippen LogP contribution in [0.4, 0.5) is 4.79 Å². The summed E-state index contributed by atoms with van der Waals surface area (Å²) < 4.78 is 32.5. The summed E-state index contributed by atoms with van der Waals surface area (Å²) in [6.07, 6.45) is 2.45. The van der Waals surface area contributed by atoms with E-state index in [1.54, 1.807) is 13.8 Å². The zero-order valence-electron chi connectivity index (χ0n) is 11.3. The van der Waals surface area contributed by atoms with E-state index in [1.807, 2.05) is 4.72 Å². The van der Waals surface area contributed by atoms with Crippen molar-refractivity contribution in [3.63, 3.8) is 0 Å². The Balaban J connectivity index is 2.72. The maximum Gasteiger partial charge on any atom is 0.422 e. The second kappa shape index (κ2) is 7.44. The van der Waals surface area contributed by atoms with E-state index < -0.39 is 16.3 Å². The molecule has 1 aliphatic carbocycles. The van der Waals surface area contributed by atoms with Crippen LogP contribution < -0.4 is 4.72 Å². The van der Waals surface area contributed by atoms with E-state index in [-0.39, 0.29) is 12.1 Å². The first-order valence-corrected chi connectivity index (χ1v) is 8.99. The van der Waals surface area contributed by atoms with Crippen LogP contribution in [0.5, 0.6) is 0 Å². The lowest BCUT2D eigenvalue weighted by Crippen LogP contribution is -2.48. The van der Waals surface area contributed by atoms with Crippen LogP contribution >= 0.6 is 15.9 Å². The molecule has 6 nitrogen and oxygen atoms in total. The first kappa shape index (κ1) is 16.7. The van der Waals surface area contributed by atoms with Crippen LogP contribution in [0.1, 0.15) is 39.5 Å². The highest BCUT2D eigenvalue weighted by atomic mass is 79.9. The number of nitrogens with zero attached hydrogens (tertiary/aromatic N) is 1. The summed E-state index contributed by atoms with van der Waals surface area (Å²) in [6.45, 7) is 3.67. The van der Waals surface area contributed by atoms with Crippen molar-refractivity contribution in [2.24, 2.45) is 0 Å². The molecule has 1 aliphatic rings. The van der Waals surface area contributed by atoms with Gasteiger partial charge in [0.2, 0.25) is 0 Å². The van der Waals surface area contributed by atoms with Crippen LogP contribution in [-0.2, 0) is 14.9 Å². The topological polar surface area (TPSA) is 75.7 Å². The SMILES string of the molecule is CC(C)OC(=O)NS(=O)(=O)N(CCBr)C1CCCC1. The number of hydrogen-bond acceptors (Lipinski definition) is 4. The Kier molecular flexibility index (Phi) is 6.55. The molecular formula is C11H21BrN2O4S. The van der Waals surface area contributed by atoms with E-state index >= 15 is 0 Å². The van der Waals surface area contributed by atoms with E-state index in [0.29, 0.717) is 11.9 Å². The molecule has 0 heterocycles. The first-order chi connectivity index (χ1) is 8.86. The van der Waals surface area contributed by atoms with Crippen molar-refractivity contribution < 1.29 is 17.9 Å². The normalized spacial score (nSPS) is 17.1. The average molecular weight is 357 g/mol. The van der Waals surface area contributed by atoms with Gasteiger partial charge in [0.1, 0.15) is 0 Å². The molecule has 8 heteroatoms.